The van der Waals surface area contributed by atoms with Crippen LogP contribution in [0.25, 0.3) is 0 Å². The fourth-order valence-electron chi connectivity index (χ4n) is 1.61. The third-order valence-corrected chi connectivity index (χ3v) is 4.37. The van der Waals surface area contributed by atoms with Crippen LogP contribution in [-0.2, 0) is 19.6 Å². The molecule has 2 rings (SSSR count). The molecule has 0 saturated carbocycles. The number of nitrogens with zero attached hydrogens (tertiary/aromatic N) is 1. The summed E-state index contributed by atoms with van der Waals surface area (Å²) in [5.74, 6) is -0.440. The van der Waals surface area contributed by atoms with Crippen LogP contribution in [0.3, 0.4) is 0 Å². The van der Waals surface area contributed by atoms with E-state index < -0.39 is 16.0 Å². The Balaban J connectivity index is 2.32. The van der Waals surface area contributed by atoms with Gasteiger partial charge in [-0.3, -0.25) is 4.79 Å². The van der Waals surface area contributed by atoms with Crippen LogP contribution in [0.4, 0.5) is 5.69 Å². The first-order valence-corrected chi connectivity index (χ1v) is 8.00. The minimum absolute atomic E-state index is 0.0761. The lowest BCUT2D eigenvalue weighted by Crippen LogP contribution is -2.24. The molecule has 0 saturated heterocycles. The number of amidine groups is 1. The topological polar surface area (TPSA) is 84.8 Å². The number of carbonyl (C=O) groups is 1. The molecule has 1 aromatic rings. The summed E-state index contributed by atoms with van der Waals surface area (Å²) in [4.78, 5) is 11.5. The summed E-state index contributed by atoms with van der Waals surface area (Å²) in [6.45, 7) is 1.93. The van der Waals surface area contributed by atoms with Crippen molar-refractivity contribution in [3.05, 3.63) is 21.8 Å². The lowest BCUT2D eigenvalue weighted by Gasteiger charge is -2.17. The Hall–Kier alpha value is -1.16. The van der Waals surface area contributed by atoms with E-state index in [1.807, 2.05) is 22.6 Å². The first-order chi connectivity index (χ1) is 8.92. The fourth-order valence-corrected chi connectivity index (χ4v) is 3.48. The molecule has 0 fully saturated rings. The molecule has 0 atom stereocenters. The molecule has 8 heteroatoms. The van der Waals surface area contributed by atoms with Crippen molar-refractivity contribution in [3.63, 3.8) is 0 Å². The van der Waals surface area contributed by atoms with E-state index in [0.29, 0.717) is 5.69 Å². The van der Waals surface area contributed by atoms with E-state index in [4.69, 9.17) is 4.74 Å². The van der Waals surface area contributed by atoms with Crippen molar-refractivity contribution in [3.8, 4) is 0 Å². The van der Waals surface area contributed by atoms with Gasteiger partial charge in [0.05, 0.1) is 12.3 Å². The number of ether oxygens (including phenoxy) is 1. The van der Waals surface area contributed by atoms with Crippen LogP contribution in [0.15, 0.2) is 27.5 Å². The van der Waals surface area contributed by atoms with Crippen molar-refractivity contribution in [2.45, 2.75) is 18.2 Å². The van der Waals surface area contributed by atoms with Gasteiger partial charge in [-0.05, 0) is 47.7 Å². The largest absolute Gasteiger partial charge is 0.466 e. The second kappa shape index (κ2) is 5.45. The SMILES string of the molecule is CCOC(=O)CC1=NS(=O)(=O)c2cc(I)ccc2N1. The molecule has 6 nitrogen and oxygen atoms in total. The number of sulfonamides is 1. The zero-order valence-electron chi connectivity index (χ0n) is 10.0. The number of anilines is 1. The number of hydrogen-bond acceptors (Lipinski definition) is 5. The number of carbonyl (C=O) groups excluding carboxylic acids is 1. The van der Waals surface area contributed by atoms with Crippen molar-refractivity contribution in [2.75, 3.05) is 11.9 Å². The number of nitrogens with one attached hydrogen (secondary N) is 1. The van der Waals surface area contributed by atoms with Crippen LogP contribution < -0.4 is 5.32 Å². The van der Waals surface area contributed by atoms with E-state index in [1.165, 1.54) is 6.07 Å². The Bertz CT molecular complexity index is 655. The molecule has 0 amide bonds. The van der Waals surface area contributed by atoms with Crippen LogP contribution in [0.5, 0.6) is 0 Å². The lowest BCUT2D eigenvalue weighted by molar-refractivity contribution is -0.141. The van der Waals surface area contributed by atoms with Crippen LogP contribution in [-0.4, -0.2) is 26.8 Å². The summed E-state index contributed by atoms with van der Waals surface area (Å²) in [7, 11) is -3.76. The van der Waals surface area contributed by atoms with Gasteiger partial charge in [0, 0.05) is 3.57 Å². The molecule has 1 aliphatic rings. The molecule has 0 spiro atoms. The predicted molar refractivity (Wildman–Crippen MR) is 78.7 cm³/mol. The predicted octanol–water partition coefficient (Wildman–Crippen LogP) is 1.76. The highest BCUT2D eigenvalue weighted by Gasteiger charge is 2.26. The highest BCUT2D eigenvalue weighted by molar-refractivity contribution is 14.1. The maximum absolute atomic E-state index is 12.0. The third kappa shape index (κ3) is 3.24. The van der Waals surface area contributed by atoms with Crippen molar-refractivity contribution < 1.29 is 17.9 Å². The highest BCUT2D eigenvalue weighted by atomic mass is 127. The molecule has 0 bridgehead atoms. The molecular weight excluding hydrogens is 383 g/mol. The molecule has 1 heterocycles. The number of rotatable bonds is 3. The molecule has 1 aromatic carbocycles. The van der Waals surface area contributed by atoms with E-state index in [9.17, 15) is 13.2 Å². The second-order valence-electron chi connectivity index (χ2n) is 3.76. The van der Waals surface area contributed by atoms with Gasteiger partial charge in [-0.15, -0.1) is 4.40 Å². The monoisotopic (exact) mass is 394 g/mol. The van der Waals surface area contributed by atoms with E-state index in [1.54, 1.807) is 19.1 Å². The molecule has 19 heavy (non-hydrogen) atoms. The van der Waals surface area contributed by atoms with E-state index in [-0.39, 0.29) is 23.8 Å². The second-order valence-corrected chi connectivity index (χ2v) is 6.58. The number of esters is 1. The quantitative estimate of drug-likeness (QED) is 0.624. The first kappa shape index (κ1) is 14.3. The van der Waals surface area contributed by atoms with E-state index >= 15 is 0 Å². The smallest absolute Gasteiger partial charge is 0.313 e. The van der Waals surface area contributed by atoms with Crippen LogP contribution in [0.1, 0.15) is 13.3 Å². The highest BCUT2D eigenvalue weighted by Crippen LogP contribution is 2.29. The van der Waals surface area contributed by atoms with E-state index in [0.717, 1.165) is 3.57 Å². The van der Waals surface area contributed by atoms with Gasteiger partial charge < -0.3 is 10.1 Å². The average Bonchev–Trinajstić information content (AvgIpc) is 2.30. The Labute approximate surface area is 124 Å². The van der Waals surface area contributed by atoms with Crippen LogP contribution >= 0.6 is 22.6 Å². The molecule has 0 radical (unpaired) electrons. The first-order valence-electron chi connectivity index (χ1n) is 5.48. The average molecular weight is 394 g/mol. The minimum atomic E-state index is -3.76. The van der Waals surface area contributed by atoms with Gasteiger partial charge >= 0.3 is 5.97 Å². The summed E-state index contributed by atoms with van der Waals surface area (Å²) in [5.41, 5.74) is 0.426. The number of halogens is 1. The Morgan fingerprint density at radius 2 is 2.21 bits per heavy atom. The summed E-state index contributed by atoms with van der Waals surface area (Å²) < 4.78 is 33.1. The fraction of sp³-hybridized carbons (Fsp3) is 0.273. The van der Waals surface area contributed by atoms with Gasteiger partial charge in [0.15, 0.2) is 0 Å². The van der Waals surface area contributed by atoms with Crippen molar-refractivity contribution in [2.24, 2.45) is 4.40 Å². The Morgan fingerprint density at radius 1 is 1.47 bits per heavy atom. The van der Waals surface area contributed by atoms with Crippen molar-refractivity contribution in [1.82, 2.24) is 0 Å². The molecule has 102 valence electrons. The summed E-state index contributed by atoms with van der Waals surface area (Å²) >= 11 is 2.02. The Morgan fingerprint density at radius 3 is 2.89 bits per heavy atom. The number of fused-ring (bicyclic) bond motifs is 1. The van der Waals surface area contributed by atoms with Gasteiger partial charge in [-0.1, -0.05) is 0 Å². The lowest BCUT2D eigenvalue weighted by atomic mass is 10.3. The van der Waals surface area contributed by atoms with Crippen LogP contribution in [0, 0.1) is 3.57 Å². The molecule has 1 N–H and O–H groups in total. The molecule has 0 aromatic heterocycles. The minimum Gasteiger partial charge on any atom is -0.466 e. The maximum atomic E-state index is 12.0. The van der Waals surface area contributed by atoms with Crippen LogP contribution in [0.2, 0.25) is 0 Å². The Kier molecular flexibility index (Phi) is 4.09. The molecule has 0 unspecified atom stereocenters. The number of hydrogen-bond donors (Lipinski definition) is 1. The molecule has 0 aliphatic carbocycles. The summed E-state index contributed by atoms with van der Waals surface area (Å²) in [5, 5.41) is 2.84. The van der Waals surface area contributed by atoms with Gasteiger partial charge in [0.25, 0.3) is 10.0 Å². The number of benzene rings is 1. The van der Waals surface area contributed by atoms with Gasteiger partial charge in [-0.2, -0.15) is 8.42 Å². The van der Waals surface area contributed by atoms with E-state index in [2.05, 4.69) is 9.71 Å². The zero-order chi connectivity index (χ0) is 14.0. The standard InChI is InChI=1S/C11H11IN2O4S/c1-2-18-11(15)6-10-13-8-4-3-7(12)5-9(8)19(16,17)14-10/h3-5H,2,6H2,1H3,(H,13,14). The van der Waals surface area contributed by atoms with Crippen molar-refractivity contribution in [1.29, 1.82) is 0 Å². The van der Waals surface area contributed by atoms with Gasteiger partial charge in [-0.25, -0.2) is 0 Å². The zero-order valence-corrected chi connectivity index (χ0v) is 13.0. The summed E-state index contributed by atoms with van der Waals surface area (Å²) in [6, 6.07) is 4.95. The molecular formula is C11H11IN2O4S. The molecule has 1 aliphatic heterocycles. The van der Waals surface area contributed by atoms with Crippen molar-refractivity contribution >= 4 is 50.1 Å². The third-order valence-electron chi connectivity index (χ3n) is 2.35. The maximum Gasteiger partial charge on any atom is 0.313 e. The van der Waals surface area contributed by atoms with Gasteiger partial charge in [0.2, 0.25) is 0 Å². The summed E-state index contributed by atoms with van der Waals surface area (Å²) in [6.07, 6.45) is -0.196. The normalized spacial score (nSPS) is 16.0. The van der Waals surface area contributed by atoms with Gasteiger partial charge in [0.1, 0.15) is 17.2 Å².